The highest BCUT2D eigenvalue weighted by Gasteiger charge is 2.22. The van der Waals surface area contributed by atoms with E-state index in [2.05, 4.69) is 26.1 Å². The molecular weight excluding hydrogens is 212 g/mol. The molecule has 1 rings (SSSR count). The van der Waals surface area contributed by atoms with Gasteiger partial charge in [0.15, 0.2) is 0 Å². The van der Waals surface area contributed by atoms with Crippen molar-refractivity contribution >= 4 is 11.6 Å². The van der Waals surface area contributed by atoms with Crippen LogP contribution in [0, 0.1) is 6.92 Å². The van der Waals surface area contributed by atoms with E-state index in [9.17, 15) is 4.79 Å². The normalized spacial score (nSPS) is 11.3. The molecule has 94 valence electrons. The van der Waals surface area contributed by atoms with Crippen molar-refractivity contribution < 1.29 is 4.79 Å². The highest BCUT2D eigenvalue weighted by molar-refractivity contribution is 5.95. The fourth-order valence-corrected chi connectivity index (χ4v) is 1.72. The van der Waals surface area contributed by atoms with Crippen molar-refractivity contribution in [3.8, 4) is 0 Å². The molecule has 0 heterocycles. The zero-order valence-corrected chi connectivity index (χ0v) is 11.1. The van der Waals surface area contributed by atoms with E-state index in [1.54, 1.807) is 6.07 Å². The van der Waals surface area contributed by atoms with Crippen LogP contribution in [0.1, 0.15) is 49.5 Å². The summed E-state index contributed by atoms with van der Waals surface area (Å²) in [5, 5.41) is 3.07. The van der Waals surface area contributed by atoms with Crippen LogP contribution < -0.4 is 11.1 Å². The monoisotopic (exact) mass is 234 g/mol. The van der Waals surface area contributed by atoms with Crippen LogP contribution in [0.3, 0.4) is 0 Å². The smallest absolute Gasteiger partial charge is 0.251 e. The minimum absolute atomic E-state index is 0.0494. The summed E-state index contributed by atoms with van der Waals surface area (Å²) >= 11 is 0. The standard InChI is InChI=1S/C14H22N2O/c1-5-14(4,6-2)16-13(17)11-7-10(3)8-12(15)9-11/h7-9H,5-6,15H2,1-4H3,(H,16,17). The highest BCUT2D eigenvalue weighted by atomic mass is 16.1. The van der Waals surface area contributed by atoms with E-state index < -0.39 is 0 Å². The number of amides is 1. The quantitative estimate of drug-likeness (QED) is 0.787. The van der Waals surface area contributed by atoms with Crippen LogP contribution in [-0.4, -0.2) is 11.4 Å². The maximum absolute atomic E-state index is 12.1. The molecule has 0 aliphatic rings. The van der Waals surface area contributed by atoms with Crippen LogP contribution in [0.4, 0.5) is 5.69 Å². The Morgan fingerprint density at radius 1 is 1.29 bits per heavy atom. The molecule has 0 unspecified atom stereocenters. The van der Waals surface area contributed by atoms with Crippen molar-refractivity contribution in [2.75, 3.05) is 5.73 Å². The number of nitrogens with one attached hydrogen (secondary N) is 1. The van der Waals surface area contributed by atoms with Crippen LogP contribution in [0.15, 0.2) is 18.2 Å². The van der Waals surface area contributed by atoms with E-state index in [0.29, 0.717) is 11.3 Å². The first-order valence-corrected chi connectivity index (χ1v) is 6.10. The van der Waals surface area contributed by atoms with Crippen molar-refractivity contribution in [2.45, 2.75) is 46.1 Å². The third kappa shape index (κ3) is 3.48. The van der Waals surface area contributed by atoms with Gasteiger partial charge in [-0.05, 0) is 50.5 Å². The number of anilines is 1. The first-order valence-electron chi connectivity index (χ1n) is 6.10. The molecule has 0 bridgehead atoms. The average molecular weight is 234 g/mol. The second kappa shape index (κ2) is 5.21. The first-order chi connectivity index (χ1) is 7.90. The summed E-state index contributed by atoms with van der Waals surface area (Å²) in [6, 6.07) is 5.43. The molecule has 0 saturated carbocycles. The van der Waals surface area contributed by atoms with Gasteiger partial charge in [-0.1, -0.05) is 13.8 Å². The van der Waals surface area contributed by atoms with Crippen LogP contribution in [0.25, 0.3) is 0 Å². The van der Waals surface area contributed by atoms with E-state index in [1.807, 2.05) is 19.1 Å². The Hall–Kier alpha value is -1.51. The van der Waals surface area contributed by atoms with Crippen molar-refractivity contribution in [1.29, 1.82) is 0 Å². The minimum atomic E-state index is -0.143. The molecule has 17 heavy (non-hydrogen) atoms. The Balaban J connectivity index is 2.90. The van der Waals surface area contributed by atoms with Gasteiger partial charge in [-0.3, -0.25) is 4.79 Å². The number of benzene rings is 1. The zero-order chi connectivity index (χ0) is 13.1. The number of carbonyl (C=O) groups excluding carboxylic acids is 1. The second-order valence-electron chi connectivity index (χ2n) is 4.85. The fourth-order valence-electron chi connectivity index (χ4n) is 1.72. The molecule has 3 N–H and O–H groups in total. The molecule has 1 aromatic carbocycles. The van der Waals surface area contributed by atoms with Gasteiger partial charge in [-0.15, -0.1) is 0 Å². The third-order valence-corrected chi connectivity index (χ3v) is 3.34. The topological polar surface area (TPSA) is 55.1 Å². The summed E-state index contributed by atoms with van der Waals surface area (Å²) in [5.74, 6) is -0.0494. The fraction of sp³-hybridized carbons (Fsp3) is 0.500. The van der Waals surface area contributed by atoms with Gasteiger partial charge in [0, 0.05) is 16.8 Å². The Morgan fingerprint density at radius 2 is 1.88 bits per heavy atom. The van der Waals surface area contributed by atoms with E-state index in [4.69, 9.17) is 5.73 Å². The van der Waals surface area contributed by atoms with Crippen LogP contribution in [0.2, 0.25) is 0 Å². The Kier molecular flexibility index (Phi) is 4.16. The zero-order valence-electron chi connectivity index (χ0n) is 11.1. The van der Waals surface area contributed by atoms with E-state index in [1.165, 1.54) is 0 Å². The predicted octanol–water partition coefficient (Wildman–Crippen LogP) is 2.89. The molecular formula is C14H22N2O. The molecule has 1 aromatic rings. The van der Waals surface area contributed by atoms with E-state index in [-0.39, 0.29) is 11.4 Å². The van der Waals surface area contributed by atoms with E-state index >= 15 is 0 Å². The summed E-state index contributed by atoms with van der Waals surface area (Å²) < 4.78 is 0. The molecule has 0 radical (unpaired) electrons. The lowest BCUT2D eigenvalue weighted by atomic mass is 9.95. The van der Waals surface area contributed by atoms with E-state index in [0.717, 1.165) is 18.4 Å². The third-order valence-electron chi connectivity index (χ3n) is 3.34. The summed E-state index contributed by atoms with van der Waals surface area (Å²) in [5.41, 5.74) is 7.87. The van der Waals surface area contributed by atoms with Crippen molar-refractivity contribution in [3.05, 3.63) is 29.3 Å². The van der Waals surface area contributed by atoms with Crippen molar-refractivity contribution in [1.82, 2.24) is 5.32 Å². The molecule has 0 aliphatic carbocycles. The lowest BCUT2D eigenvalue weighted by Gasteiger charge is -2.28. The van der Waals surface area contributed by atoms with Crippen LogP contribution in [-0.2, 0) is 0 Å². The lowest BCUT2D eigenvalue weighted by Crippen LogP contribution is -2.44. The highest BCUT2D eigenvalue weighted by Crippen LogP contribution is 2.16. The maximum Gasteiger partial charge on any atom is 0.251 e. The second-order valence-corrected chi connectivity index (χ2v) is 4.85. The maximum atomic E-state index is 12.1. The van der Waals surface area contributed by atoms with Gasteiger partial charge < -0.3 is 11.1 Å². The van der Waals surface area contributed by atoms with Gasteiger partial charge in [0.25, 0.3) is 5.91 Å². The molecule has 0 saturated heterocycles. The van der Waals surface area contributed by atoms with Gasteiger partial charge in [-0.2, -0.15) is 0 Å². The van der Waals surface area contributed by atoms with Crippen LogP contribution in [0.5, 0.6) is 0 Å². The molecule has 1 amide bonds. The van der Waals surface area contributed by atoms with Gasteiger partial charge >= 0.3 is 0 Å². The number of nitrogens with two attached hydrogens (primary N) is 1. The molecule has 3 nitrogen and oxygen atoms in total. The number of nitrogen functional groups attached to an aromatic ring is 1. The first kappa shape index (κ1) is 13.6. The number of hydrogen-bond donors (Lipinski definition) is 2. The molecule has 0 atom stereocenters. The number of rotatable bonds is 4. The van der Waals surface area contributed by atoms with Gasteiger partial charge in [-0.25, -0.2) is 0 Å². The molecule has 0 aromatic heterocycles. The molecule has 0 aliphatic heterocycles. The SMILES string of the molecule is CCC(C)(CC)NC(=O)c1cc(C)cc(N)c1. The summed E-state index contributed by atoms with van der Waals surface area (Å²) in [6.45, 7) is 8.15. The number of hydrogen-bond acceptors (Lipinski definition) is 2. The summed E-state index contributed by atoms with van der Waals surface area (Å²) in [6.07, 6.45) is 1.83. The molecule has 0 spiro atoms. The van der Waals surface area contributed by atoms with Gasteiger partial charge in [0.2, 0.25) is 0 Å². The van der Waals surface area contributed by atoms with Crippen molar-refractivity contribution in [3.63, 3.8) is 0 Å². The number of carbonyl (C=O) groups is 1. The largest absolute Gasteiger partial charge is 0.399 e. The Labute approximate surface area is 103 Å². The van der Waals surface area contributed by atoms with Gasteiger partial charge in [0.1, 0.15) is 0 Å². The van der Waals surface area contributed by atoms with Crippen molar-refractivity contribution in [2.24, 2.45) is 0 Å². The number of aryl methyl sites for hydroxylation is 1. The molecule has 3 heteroatoms. The average Bonchev–Trinajstić information content (AvgIpc) is 2.27. The lowest BCUT2D eigenvalue weighted by molar-refractivity contribution is 0.0901. The summed E-state index contributed by atoms with van der Waals surface area (Å²) in [7, 11) is 0. The Bertz CT molecular complexity index is 388. The van der Waals surface area contributed by atoms with Crippen LogP contribution >= 0.6 is 0 Å². The predicted molar refractivity (Wildman–Crippen MR) is 72.0 cm³/mol. The molecule has 0 fully saturated rings. The summed E-state index contributed by atoms with van der Waals surface area (Å²) in [4.78, 5) is 12.1. The Morgan fingerprint density at radius 3 is 2.35 bits per heavy atom. The minimum Gasteiger partial charge on any atom is -0.399 e. The van der Waals surface area contributed by atoms with Gasteiger partial charge in [0.05, 0.1) is 0 Å².